The fraction of sp³-hybridized carbons (Fsp3) is 0.368. The number of piperidine rings is 1. The van der Waals surface area contributed by atoms with Crippen LogP contribution in [0, 0.1) is 5.82 Å². The SMILES string of the molecule is O=S1(=O)c2cc(N3CCN4CCC3CC4)ccc2-c2cccc([18F])c21. The summed E-state index contributed by atoms with van der Waals surface area (Å²) in [7, 11) is -3.79. The standard InChI is InChI=1S/C19H19FN2O2S/c20-17-3-1-2-16-15-5-4-14(12-18(15)25(23,24)19(16)17)22-11-10-21-8-6-13(22)7-9-21/h1-5,12-13H,6-11H2/i20-1. The summed E-state index contributed by atoms with van der Waals surface area (Å²) in [4.78, 5) is 4.86. The molecule has 0 aliphatic carbocycles. The predicted molar refractivity (Wildman–Crippen MR) is 94.1 cm³/mol. The predicted octanol–water partition coefficient (Wildman–Crippen LogP) is 2.92. The van der Waals surface area contributed by atoms with Crippen molar-refractivity contribution in [2.45, 2.75) is 28.7 Å². The monoisotopic (exact) mass is 357 g/mol. The van der Waals surface area contributed by atoms with Gasteiger partial charge in [-0.3, -0.25) is 0 Å². The van der Waals surface area contributed by atoms with Crippen molar-refractivity contribution < 1.29 is 12.8 Å². The van der Waals surface area contributed by atoms with Crippen LogP contribution in [0.3, 0.4) is 0 Å². The lowest BCUT2D eigenvalue weighted by Crippen LogP contribution is -2.37. The molecule has 4 heterocycles. The minimum absolute atomic E-state index is 0.176. The molecule has 4 nitrogen and oxygen atoms in total. The second-order valence-electron chi connectivity index (χ2n) is 7.07. The van der Waals surface area contributed by atoms with E-state index in [0.717, 1.165) is 44.7 Å². The molecule has 0 atom stereocenters. The quantitative estimate of drug-likeness (QED) is 0.671. The van der Waals surface area contributed by atoms with E-state index in [1.807, 2.05) is 12.1 Å². The summed E-state index contributed by atoms with van der Waals surface area (Å²) in [5.74, 6) is -0.670. The maximum absolute atomic E-state index is 14.2. The summed E-state index contributed by atoms with van der Waals surface area (Å²) in [5.41, 5.74) is 2.02. The van der Waals surface area contributed by atoms with Crippen molar-refractivity contribution in [3.8, 4) is 11.1 Å². The van der Waals surface area contributed by atoms with Gasteiger partial charge in [0.2, 0.25) is 9.84 Å². The Kier molecular flexibility index (Phi) is 3.24. The summed E-state index contributed by atoms with van der Waals surface area (Å²) >= 11 is 0. The van der Waals surface area contributed by atoms with Crippen molar-refractivity contribution in [3.05, 3.63) is 42.2 Å². The number of anilines is 1. The van der Waals surface area contributed by atoms with Gasteiger partial charge in [-0.25, -0.2) is 12.8 Å². The van der Waals surface area contributed by atoms with Gasteiger partial charge in [0, 0.05) is 49.0 Å². The fourth-order valence-corrected chi connectivity index (χ4v) is 6.22. The summed E-state index contributed by atoms with van der Waals surface area (Å²) < 4.78 is 40.0. The Morgan fingerprint density at radius 3 is 2.56 bits per heavy atom. The number of fused-ring (bicyclic) bond motifs is 7. The lowest BCUT2D eigenvalue weighted by molar-refractivity contribution is 0.250. The maximum Gasteiger partial charge on any atom is 0.210 e. The van der Waals surface area contributed by atoms with E-state index in [2.05, 4.69) is 9.80 Å². The minimum atomic E-state index is -3.79. The average Bonchev–Trinajstić information content (AvgIpc) is 2.81. The molecule has 4 aliphatic rings. The Hall–Kier alpha value is -1.92. The van der Waals surface area contributed by atoms with E-state index in [1.54, 1.807) is 18.2 Å². The molecule has 130 valence electrons. The molecule has 0 radical (unpaired) electrons. The second-order valence-corrected chi connectivity index (χ2v) is 8.92. The van der Waals surface area contributed by atoms with Crippen LogP contribution in [0.5, 0.6) is 0 Å². The summed E-state index contributed by atoms with van der Waals surface area (Å²) in [5, 5.41) is 0. The van der Waals surface area contributed by atoms with E-state index in [0.29, 0.717) is 17.2 Å². The number of nitrogens with zero attached hydrogens (tertiary/aromatic N) is 2. The van der Waals surface area contributed by atoms with E-state index in [-0.39, 0.29) is 9.79 Å². The molecule has 0 aromatic heterocycles. The third-order valence-corrected chi connectivity index (χ3v) is 7.64. The van der Waals surface area contributed by atoms with Gasteiger partial charge in [0.05, 0.1) is 4.90 Å². The minimum Gasteiger partial charge on any atom is -0.367 e. The molecule has 25 heavy (non-hydrogen) atoms. The van der Waals surface area contributed by atoms with Crippen LogP contribution in [0.4, 0.5) is 10.1 Å². The zero-order chi connectivity index (χ0) is 17.2. The topological polar surface area (TPSA) is 40.6 Å². The highest BCUT2D eigenvalue weighted by atomic mass is 32.2. The molecule has 3 fully saturated rings. The lowest BCUT2D eigenvalue weighted by Gasteiger charge is -2.33. The van der Waals surface area contributed by atoms with Crippen LogP contribution in [-0.4, -0.2) is 45.5 Å². The van der Waals surface area contributed by atoms with Crippen LogP contribution >= 0.6 is 0 Å². The van der Waals surface area contributed by atoms with Crippen LogP contribution in [0.15, 0.2) is 46.2 Å². The Balaban J connectivity index is 1.63. The number of hydrogen-bond acceptors (Lipinski definition) is 4. The van der Waals surface area contributed by atoms with Crippen molar-refractivity contribution in [2.75, 3.05) is 31.1 Å². The molecule has 0 N–H and O–H groups in total. The number of sulfone groups is 1. The molecule has 6 rings (SSSR count). The first-order valence-electron chi connectivity index (χ1n) is 8.73. The van der Waals surface area contributed by atoms with E-state index in [1.165, 1.54) is 6.07 Å². The first kappa shape index (κ1) is 15.3. The van der Waals surface area contributed by atoms with Gasteiger partial charge in [0.15, 0.2) is 0 Å². The molecule has 2 aromatic rings. The molecule has 0 amide bonds. The Morgan fingerprint density at radius 2 is 1.76 bits per heavy atom. The Morgan fingerprint density at radius 1 is 0.960 bits per heavy atom. The van der Waals surface area contributed by atoms with Gasteiger partial charge in [0.1, 0.15) is 10.7 Å². The average molecular weight is 357 g/mol. The first-order valence-corrected chi connectivity index (χ1v) is 10.2. The van der Waals surface area contributed by atoms with Crippen molar-refractivity contribution in [1.29, 1.82) is 0 Å². The van der Waals surface area contributed by atoms with Crippen molar-refractivity contribution in [1.82, 2.24) is 4.90 Å². The highest BCUT2D eigenvalue weighted by molar-refractivity contribution is 7.92. The highest BCUT2D eigenvalue weighted by Gasteiger charge is 2.37. The molecule has 0 unspecified atom stereocenters. The summed E-state index contributed by atoms with van der Waals surface area (Å²) in [6.45, 7) is 4.14. The van der Waals surface area contributed by atoms with E-state index in [4.69, 9.17) is 0 Å². The molecule has 6 heteroatoms. The normalized spacial score (nSPS) is 26.2. The second kappa shape index (κ2) is 5.29. The number of rotatable bonds is 1. The van der Waals surface area contributed by atoms with Gasteiger partial charge < -0.3 is 9.80 Å². The molecule has 3 saturated heterocycles. The van der Waals surface area contributed by atoms with Gasteiger partial charge in [-0.05, 0) is 31.0 Å². The fourth-order valence-electron chi connectivity index (χ4n) is 4.46. The van der Waals surface area contributed by atoms with Crippen molar-refractivity contribution in [3.63, 3.8) is 0 Å². The summed E-state index contributed by atoms with van der Waals surface area (Å²) in [6.07, 6.45) is 2.22. The zero-order valence-corrected chi connectivity index (χ0v) is 14.6. The zero-order valence-electron chi connectivity index (χ0n) is 13.8. The van der Waals surface area contributed by atoms with Gasteiger partial charge in [-0.2, -0.15) is 0 Å². The van der Waals surface area contributed by atoms with Gasteiger partial charge in [-0.15, -0.1) is 0 Å². The molecule has 0 spiro atoms. The Bertz CT molecular complexity index is 965. The third-order valence-electron chi connectivity index (χ3n) is 5.77. The third kappa shape index (κ3) is 2.17. The Labute approximate surface area is 146 Å². The van der Waals surface area contributed by atoms with Crippen LogP contribution in [-0.2, 0) is 9.84 Å². The number of halogens is 1. The van der Waals surface area contributed by atoms with Crippen molar-refractivity contribution >= 4 is 15.5 Å². The van der Waals surface area contributed by atoms with E-state index in [9.17, 15) is 12.8 Å². The van der Waals surface area contributed by atoms with Crippen LogP contribution in [0.1, 0.15) is 12.8 Å². The molecule has 4 aliphatic heterocycles. The van der Waals surface area contributed by atoms with Crippen LogP contribution in [0.2, 0.25) is 0 Å². The van der Waals surface area contributed by atoms with Crippen LogP contribution < -0.4 is 4.90 Å². The molecule has 0 saturated carbocycles. The van der Waals surface area contributed by atoms with Gasteiger partial charge in [0.25, 0.3) is 0 Å². The van der Waals surface area contributed by atoms with E-state index < -0.39 is 15.7 Å². The smallest absolute Gasteiger partial charge is 0.210 e. The lowest BCUT2D eigenvalue weighted by atomic mass is 10.0. The molecule has 2 bridgehead atoms. The van der Waals surface area contributed by atoms with Crippen molar-refractivity contribution in [2.24, 2.45) is 0 Å². The van der Waals surface area contributed by atoms with E-state index >= 15 is 0 Å². The summed E-state index contributed by atoms with van der Waals surface area (Å²) in [6, 6.07) is 10.5. The molecule has 2 aromatic carbocycles. The van der Waals surface area contributed by atoms with Gasteiger partial charge in [-0.1, -0.05) is 18.2 Å². The van der Waals surface area contributed by atoms with Crippen LogP contribution in [0.25, 0.3) is 11.1 Å². The molecular formula is C19H19FN2O2S. The first-order chi connectivity index (χ1) is 12.1. The largest absolute Gasteiger partial charge is 0.367 e. The number of hydrogen-bond donors (Lipinski definition) is 0. The van der Waals surface area contributed by atoms with Gasteiger partial charge >= 0.3 is 0 Å². The number of benzene rings is 2. The highest BCUT2D eigenvalue weighted by Crippen LogP contribution is 2.45. The maximum atomic E-state index is 14.2. The molecular weight excluding hydrogens is 338 g/mol.